The molecule has 1 aliphatic heterocycles. The number of hydrogen-bond acceptors (Lipinski definition) is 1. The molecular formula is C4H10AlLiO. The van der Waals surface area contributed by atoms with E-state index >= 15 is 0 Å². The van der Waals surface area contributed by atoms with Crippen LogP contribution in [0.25, 0.3) is 0 Å². The van der Waals surface area contributed by atoms with Gasteiger partial charge < -0.3 is 3.79 Å². The zero-order chi connectivity index (χ0) is 4.24. The molecule has 0 bridgehead atoms. The molecule has 0 aliphatic carbocycles. The third-order valence-electron chi connectivity index (χ3n) is 1.08. The minimum absolute atomic E-state index is 0. The summed E-state index contributed by atoms with van der Waals surface area (Å²) in [4.78, 5) is 0. The molecular weight excluding hydrogens is 98.0 g/mol. The van der Waals surface area contributed by atoms with Gasteiger partial charge in [0, 0.05) is 6.61 Å². The van der Waals surface area contributed by atoms with Crippen molar-refractivity contribution >= 4 is 34.4 Å². The van der Waals surface area contributed by atoms with Gasteiger partial charge in [0.1, 0.15) is 0 Å². The Morgan fingerprint density at radius 2 is 2.14 bits per heavy atom. The molecule has 0 N–H and O–H groups in total. The molecule has 36 valence electrons. The molecule has 0 aromatic rings. The summed E-state index contributed by atoms with van der Waals surface area (Å²) in [5, 5.41) is 1.42. The topological polar surface area (TPSA) is 9.23 Å². The van der Waals surface area contributed by atoms with E-state index in [0.29, 0.717) is 0 Å². The molecule has 0 saturated carbocycles. The molecule has 1 aliphatic rings. The van der Waals surface area contributed by atoms with Crippen LogP contribution < -0.4 is 0 Å². The van der Waals surface area contributed by atoms with Crippen LogP contribution >= 0.6 is 0 Å². The zero-order valence-electron chi connectivity index (χ0n) is 3.94. The average molecular weight is 108 g/mol. The molecule has 0 unspecified atom stereocenters. The molecule has 1 heterocycles. The van der Waals surface area contributed by atoms with Gasteiger partial charge in [-0.2, -0.15) is 0 Å². The second kappa shape index (κ2) is 5.23. The summed E-state index contributed by atoms with van der Waals surface area (Å²) < 4.78 is 5.21. The molecule has 0 aromatic heterocycles. The van der Waals surface area contributed by atoms with Crippen molar-refractivity contribution in [2.45, 2.75) is 18.1 Å². The van der Waals surface area contributed by atoms with E-state index in [0.717, 1.165) is 6.61 Å². The van der Waals surface area contributed by atoms with Gasteiger partial charge in [-0.1, -0.05) is 11.7 Å². The minimum atomic E-state index is 0. The van der Waals surface area contributed by atoms with Crippen LogP contribution in [-0.2, 0) is 3.79 Å². The van der Waals surface area contributed by atoms with Gasteiger partial charge >= 0.3 is 34.4 Å². The Morgan fingerprint density at radius 1 is 1.29 bits per heavy atom. The van der Waals surface area contributed by atoms with Crippen LogP contribution in [-0.4, -0.2) is 41.0 Å². The van der Waals surface area contributed by atoms with Crippen LogP contribution in [0.2, 0.25) is 5.28 Å². The van der Waals surface area contributed by atoms with E-state index < -0.39 is 0 Å². The predicted octanol–water partition coefficient (Wildman–Crippen LogP) is -0.0819. The van der Waals surface area contributed by atoms with Gasteiger partial charge in [0.15, 0.2) is 0 Å². The summed E-state index contributed by atoms with van der Waals surface area (Å²) in [7, 11) is 0. The molecule has 1 saturated heterocycles. The summed E-state index contributed by atoms with van der Waals surface area (Å²) in [6.07, 6.45) is 2.75. The fourth-order valence-electron chi connectivity index (χ4n) is 0.687. The van der Waals surface area contributed by atoms with Crippen molar-refractivity contribution < 1.29 is 3.79 Å². The summed E-state index contributed by atoms with van der Waals surface area (Å²) in [6, 6.07) is 0. The van der Waals surface area contributed by atoms with Gasteiger partial charge in [0.05, 0.1) is 0 Å². The Morgan fingerprint density at radius 3 is 2.29 bits per heavy atom. The van der Waals surface area contributed by atoms with Gasteiger partial charge in [0.25, 0.3) is 0 Å². The van der Waals surface area contributed by atoms with Gasteiger partial charge in [-0.3, -0.25) is 0 Å². The van der Waals surface area contributed by atoms with E-state index in [1.807, 2.05) is 0 Å². The fraction of sp³-hybridized carbons (Fsp3) is 1.00. The van der Waals surface area contributed by atoms with Gasteiger partial charge in [-0.15, -0.1) is 0 Å². The summed E-state index contributed by atoms with van der Waals surface area (Å²) in [5.74, 6) is 0. The molecule has 0 atom stereocenters. The molecule has 1 fully saturated rings. The van der Waals surface area contributed by atoms with Crippen LogP contribution in [0.5, 0.6) is 0 Å². The first-order valence-electron chi connectivity index (χ1n) is 2.58. The Kier molecular flexibility index (Phi) is 6.05. The van der Waals surface area contributed by atoms with Crippen molar-refractivity contribution in [1.82, 2.24) is 0 Å². The predicted molar refractivity (Wildman–Crippen MR) is 34.3 cm³/mol. The Hall–Kier alpha value is 1.09. The molecule has 0 radical (unpaired) electrons. The Bertz CT molecular complexity index is 27.2. The maximum absolute atomic E-state index is 5.21. The molecule has 0 aromatic carbocycles. The SMILES string of the molecule is C1C[CH2][AlH][O]C1.[LiH]. The van der Waals surface area contributed by atoms with Crippen LogP contribution in [0.1, 0.15) is 12.8 Å². The van der Waals surface area contributed by atoms with Crippen LogP contribution in [0.4, 0.5) is 0 Å². The van der Waals surface area contributed by atoms with Crippen molar-refractivity contribution in [2.24, 2.45) is 0 Å². The molecule has 1 nitrogen and oxygen atoms in total. The summed E-state index contributed by atoms with van der Waals surface area (Å²) >= 11 is 0.00849. The van der Waals surface area contributed by atoms with Gasteiger partial charge in [-0.05, 0) is 6.42 Å². The summed E-state index contributed by atoms with van der Waals surface area (Å²) in [6.45, 7) is 1.06. The monoisotopic (exact) mass is 108 g/mol. The third-order valence-corrected chi connectivity index (χ3v) is 2.44. The van der Waals surface area contributed by atoms with E-state index in [-0.39, 0.29) is 34.4 Å². The van der Waals surface area contributed by atoms with E-state index in [9.17, 15) is 0 Å². The Balaban J connectivity index is 0.000000360. The normalized spacial score (nSPS) is 19.4. The summed E-state index contributed by atoms with van der Waals surface area (Å²) in [5.41, 5.74) is 0. The van der Waals surface area contributed by atoms with Crippen LogP contribution in [0.15, 0.2) is 0 Å². The van der Waals surface area contributed by atoms with Gasteiger partial charge in [-0.25, -0.2) is 0 Å². The van der Waals surface area contributed by atoms with E-state index in [4.69, 9.17) is 3.79 Å². The molecule has 3 heteroatoms. The molecule has 7 heavy (non-hydrogen) atoms. The number of rotatable bonds is 0. The van der Waals surface area contributed by atoms with Crippen molar-refractivity contribution in [3.63, 3.8) is 0 Å². The van der Waals surface area contributed by atoms with Crippen molar-refractivity contribution in [3.8, 4) is 0 Å². The van der Waals surface area contributed by atoms with Crippen molar-refractivity contribution in [1.29, 1.82) is 0 Å². The van der Waals surface area contributed by atoms with E-state index in [1.165, 1.54) is 18.1 Å². The first-order chi connectivity index (χ1) is 3.00. The van der Waals surface area contributed by atoms with E-state index in [2.05, 4.69) is 0 Å². The number of hydrogen-bond donors (Lipinski definition) is 0. The second-order valence-corrected chi connectivity index (χ2v) is 3.20. The first-order valence-corrected chi connectivity index (χ1v) is 4.15. The standard InChI is InChI=1S/C4H8O.Al.Li.2H/c1-2-3-4-5;;;;/h1-4H2;;;;/q-1;+1;;;. The second-order valence-electron chi connectivity index (χ2n) is 1.67. The van der Waals surface area contributed by atoms with E-state index in [1.54, 1.807) is 0 Å². The van der Waals surface area contributed by atoms with Crippen LogP contribution in [0, 0.1) is 0 Å². The quantitative estimate of drug-likeness (QED) is 0.394. The first kappa shape index (κ1) is 8.09. The third kappa shape index (κ3) is 3.65. The Labute approximate surface area is 63.0 Å². The maximum atomic E-state index is 5.21. The molecule has 0 spiro atoms. The average Bonchev–Trinajstić information content (AvgIpc) is 1.72. The molecule has 1 rings (SSSR count). The van der Waals surface area contributed by atoms with Crippen LogP contribution in [0.3, 0.4) is 0 Å². The molecule has 0 amide bonds. The van der Waals surface area contributed by atoms with Gasteiger partial charge in [0.2, 0.25) is 0 Å². The van der Waals surface area contributed by atoms with Crippen molar-refractivity contribution in [2.75, 3.05) is 6.61 Å². The van der Waals surface area contributed by atoms with Crippen molar-refractivity contribution in [3.05, 3.63) is 0 Å². The zero-order valence-corrected chi connectivity index (χ0v) is 5.36. The fourth-order valence-corrected chi connectivity index (χ4v) is 1.86.